The van der Waals surface area contributed by atoms with E-state index in [1.807, 2.05) is 6.92 Å². The molecule has 1 atom stereocenters. The van der Waals surface area contributed by atoms with Gasteiger partial charge in [-0.2, -0.15) is 0 Å². The first-order chi connectivity index (χ1) is 7.56. The lowest BCUT2D eigenvalue weighted by Crippen LogP contribution is -2.36. The van der Waals surface area contributed by atoms with Crippen molar-refractivity contribution in [3.63, 3.8) is 0 Å². The van der Waals surface area contributed by atoms with Crippen LogP contribution in [0.4, 0.5) is 0 Å². The van der Waals surface area contributed by atoms with Crippen LogP contribution in [0, 0.1) is 0 Å². The monoisotopic (exact) mass is 245 g/mol. The number of hydrogen-bond acceptors (Lipinski definition) is 3. The second kappa shape index (κ2) is 5.86. The highest BCUT2D eigenvalue weighted by molar-refractivity contribution is 6.29. The van der Waals surface area contributed by atoms with Crippen LogP contribution in [-0.4, -0.2) is 26.7 Å². The zero-order chi connectivity index (χ0) is 12.1. The molecule has 1 heterocycles. The molecule has 90 valence electrons. The van der Waals surface area contributed by atoms with Crippen LogP contribution in [-0.2, 0) is 18.4 Å². The Balaban J connectivity index is 2.55. The van der Waals surface area contributed by atoms with E-state index >= 15 is 0 Å². The normalized spacial score (nSPS) is 12.7. The number of carboxylic acid groups (broad SMARTS) is 1. The molecule has 2 N–H and O–H groups in total. The molecule has 0 radical (unpaired) electrons. The Morgan fingerprint density at radius 3 is 2.88 bits per heavy atom. The van der Waals surface area contributed by atoms with Crippen molar-refractivity contribution in [3.8, 4) is 0 Å². The number of aromatic nitrogens is 2. The van der Waals surface area contributed by atoms with E-state index in [-0.39, 0.29) is 0 Å². The topological polar surface area (TPSA) is 67.2 Å². The van der Waals surface area contributed by atoms with E-state index in [0.717, 1.165) is 12.2 Å². The lowest BCUT2D eigenvalue weighted by Gasteiger charge is -2.13. The van der Waals surface area contributed by atoms with Gasteiger partial charge in [-0.1, -0.05) is 24.9 Å². The van der Waals surface area contributed by atoms with Gasteiger partial charge in [0.15, 0.2) is 0 Å². The summed E-state index contributed by atoms with van der Waals surface area (Å²) in [7, 11) is 1.79. The van der Waals surface area contributed by atoms with Crippen molar-refractivity contribution in [3.05, 3.63) is 17.2 Å². The summed E-state index contributed by atoms with van der Waals surface area (Å²) >= 11 is 5.82. The Morgan fingerprint density at radius 1 is 1.75 bits per heavy atom. The number of rotatable bonds is 6. The number of nitrogens with zero attached hydrogens (tertiary/aromatic N) is 2. The molecule has 16 heavy (non-hydrogen) atoms. The molecule has 0 aliphatic heterocycles. The zero-order valence-electron chi connectivity index (χ0n) is 9.40. The Kier molecular flexibility index (Phi) is 4.76. The number of imidazole rings is 1. The molecule has 0 aromatic carbocycles. The van der Waals surface area contributed by atoms with Crippen molar-refractivity contribution in [1.29, 1.82) is 0 Å². The predicted octanol–water partition coefficient (Wildman–Crippen LogP) is 1.42. The summed E-state index contributed by atoms with van der Waals surface area (Å²) in [5.74, 6) is -0.102. The SMILES string of the molecule is CCCC(NCc1ncc(Cl)n1C)C(=O)O. The van der Waals surface area contributed by atoms with Gasteiger partial charge < -0.3 is 9.67 Å². The Bertz CT molecular complexity index is 365. The van der Waals surface area contributed by atoms with E-state index in [9.17, 15) is 4.79 Å². The van der Waals surface area contributed by atoms with Gasteiger partial charge in [0, 0.05) is 7.05 Å². The maximum Gasteiger partial charge on any atom is 0.320 e. The third-order valence-electron chi connectivity index (χ3n) is 2.41. The molecular weight excluding hydrogens is 230 g/mol. The van der Waals surface area contributed by atoms with Crippen LogP contribution in [0.2, 0.25) is 5.15 Å². The molecule has 5 nitrogen and oxygen atoms in total. The number of nitrogens with one attached hydrogen (secondary N) is 1. The molecule has 1 rings (SSSR count). The largest absolute Gasteiger partial charge is 0.480 e. The molecule has 6 heteroatoms. The highest BCUT2D eigenvalue weighted by Gasteiger charge is 2.16. The molecule has 0 aliphatic carbocycles. The van der Waals surface area contributed by atoms with Crippen molar-refractivity contribution in [2.75, 3.05) is 0 Å². The standard InChI is InChI=1S/C10H16ClN3O2/c1-3-4-7(10(15)16)12-6-9-13-5-8(11)14(9)2/h5,7,12H,3-4,6H2,1-2H3,(H,15,16). The van der Waals surface area contributed by atoms with Gasteiger partial charge >= 0.3 is 5.97 Å². The van der Waals surface area contributed by atoms with Gasteiger partial charge in [-0.15, -0.1) is 0 Å². The average Bonchev–Trinajstić information content (AvgIpc) is 2.55. The molecule has 1 unspecified atom stereocenters. The molecule has 0 aliphatic rings. The van der Waals surface area contributed by atoms with E-state index in [1.165, 1.54) is 0 Å². The number of carboxylic acids is 1. The van der Waals surface area contributed by atoms with Gasteiger partial charge in [-0.05, 0) is 6.42 Å². The lowest BCUT2D eigenvalue weighted by atomic mass is 10.2. The fourth-order valence-electron chi connectivity index (χ4n) is 1.40. The molecule has 1 aromatic rings. The van der Waals surface area contributed by atoms with E-state index in [2.05, 4.69) is 10.3 Å². The summed E-state index contributed by atoms with van der Waals surface area (Å²) in [5, 5.41) is 12.4. The van der Waals surface area contributed by atoms with Crippen molar-refractivity contribution in [2.45, 2.75) is 32.4 Å². The van der Waals surface area contributed by atoms with Crippen LogP contribution in [0.1, 0.15) is 25.6 Å². The van der Waals surface area contributed by atoms with Gasteiger partial charge in [0.25, 0.3) is 0 Å². The second-order valence-electron chi connectivity index (χ2n) is 3.62. The van der Waals surface area contributed by atoms with E-state index < -0.39 is 12.0 Å². The summed E-state index contributed by atoms with van der Waals surface area (Å²) in [5.41, 5.74) is 0. The Labute approximate surface area is 99.4 Å². The minimum absolute atomic E-state index is 0.403. The van der Waals surface area contributed by atoms with Crippen LogP contribution in [0.5, 0.6) is 0 Å². The van der Waals surface area contributed by atoms with Gasteiger partial charge in [0.2, 0.25) is 0 Å². The summed E-state index contributed by atoms with van der Waals surface area (Å²) < 4.78 is 1.72. The number of hydrogen-bond donors (Lipinski definition) is 2. The first-order valence-corrected chi connectivity index (χ1v) is 5.56. The van der Waals surface area contributed by atoms with Gasteiger partial charge in [-0.25, -0.2) is 4.98 Å². The van der Waals surface area contributed by atoms with E-state index in [4.69, 9.17) is 16.7 Å². The molecular formula is C10H16ClN3O2. The third kappa shape index (κ3) is 3.21. The quantitative estimate of drug-likeness (QED) is 0.796. The van der Waals surface area contributed by atoms with Crippen molar-refractivity contribution in [1.82, 2.24) is 14.9 Å². The van der Waals surface area contributed by atoms with Gasteiger partial charge in [0.05, 0.1) is 12.7 Å². The summed E-state index contributed by atoms with van der Waals surface area (Å²) in [4.78, 5) is 15.0. The Morgan fingerprint density at radius 2 is 2.44 bits per heavy atom. The Hall–Kier alpha value is -1.07. The van der Waals surface area contributed by atoms with Crippen molar-refractivity contribution >= 4 is 17.6 Å². The average molecular weight is 246 g/mol. The summed E-state index contributed by atoms with van der Waals surface area (Å²) in [6.45, 7) is 2.36. The first kappa shape index (κ1) is 13.0. The number of aliphatic carboxylic acids is 1. The molecule has 0 saturated heterocycles. The fraction of sp³-hybridized carbons (Fsp3) is 0.600. The number of carbonyl (C=O) groups is 1. The lowest BCUT2D eigenvalue weighted by molar-refractivity contribution is -0.139. The smallest absolute Gasteiger partial charge is 0.320 e. The maximum atomic E-state index is 10.9. The van der Waals surface area contributed by atoms with Crippen molar-refractivity contribution < 1.29 is 9.90 Å². The van der Waals surface area contributed by atoms with E-state index in [1.54, 1.807) is 17.8 Å². The van der Waals surface area contributed by atoms with Crippen LogP contribution in [0.15, 0.2) is 6.20 Å². The van der Waals surface area contributed by atoms with Crippen LogP contribution < -0.4 is 5.32 Å². The highest BCUT2D eigenvalue weighted by atomic mass is 35.5. The minimum Gasteiger partial charge on any atom is -0.480 e. The molecule has 0 bridgehead atoms. The predicted molar refractivity (Wildman–Crippen MR) is 61.4 cm³/mol. The van der Waals surface area contributed by atoms with E-state index in [0.29, 0.717) is 18.1 Å². The van der Waals surface area contributed by atoms with Crippen LogP contribution in [0.3, 0.4) is 0 Å². The molecule has 0 spiro atoms. The van der Waals surface area contributed by atoms with Crippen molar-refractivity contribution in [2.24, 2.45) is 7.05 Å². The molecule has 0 saturated carbocycles. The van der Waals surface area contributed by atoms with Crippen LogP contribution in [0.25, 0.3) is 0 Å². The van der Waals surface area contributed by atoms with Crippen LogP contribution >= 0.6 is 11.6 Å². The second-order valence-corrected chi connectivity index (χ2v) is 4.00. The summed E-state index contributed by atoms with van der Waals surface area (Å²) in [6.07, 6.45) is 2.98. The van der Waals surface area contributed by atoms with Gasteiger partial charge in [0.1, 0.15) is 17.0 Å². The summed E-state index contributed by atoms with van der Waals surface area (Å²) in [6, 6.07) is -0.527. The minimum atomic E-state index is -0.831. The highest BCUT2D eigenvalue weighted by Crippen LogP contribution is 2.09. The van der Waals surface area contributed by atoms with Gasteiger partial charge in [-0.3, -0.25) is 10.1 Å². The fourth-order valence-corrected chi connectivity index (χ4v) is 1.55. The number of halogens is 1. The molecule has 1 aromatic heterocycles. The first-order valence-electron chi connectivity index (χ1n) is 5.18. The molecule has 0 fully saturated rings. The third-order valence-corrected chi connectivity index (χ3v) is 2.76. The molecule has 0 amide bonds. The maximum absolute atomic E-state index is 10.9. The zero-order valence-corrected chi connectivity index (χ0v) is 10.2.